The summed E-state index contributed by atoms with van der Waals surface area (Å²) in [6.45, 7) is 0. The standard InChI is InChI=1S/C11H14N2O/c14-11(9-3-1-2-4-9)13-10-5-7-12-8-6-10/h5-9H,1-4H2,(H,12,13,14). The maximum atomic E-state index is 11.7. The van der Waals surface area contributed by atoms with Crippen molar-refractivity contribution in [1.29, 1.82) is 0 Å². The van der Waals surface area contributed by atoms with E-state index < -0.39 is 0 Å². The third-order valence-corrected chi connectivity index (χ3v) is 2.67. The zero-order valence-electron chi connectivity index (χ0n) is 8.07. The average Bonchev–Trinajstić information content (AvgIpc) is 2.72. The molecule has 1 heterocycles. The van der Waals surface area contributed by atoms with Crippen LogP contribution < -0.4 is 5.32 Å². The predicted octanol–water partition coefficient (Wildman–Crippen LogP) is 2.21. The number of aromatic nitrogens is 1. The number of nitrogens with one attached hydrogen (secondary N) is 1. The van der Waals surface area contributed by atoms with E-state index in [0.29, 0.717) is 0 Å². The van der Waals surface area contributed by atoms with Gasteiger partial charge in [-0.1, -0.05) is 12.8 Å². The predicted molar refractivity (Wildman–Crippen MR) is 54.8 cm³/mol. The van der Waals surface area contributed by atoms with Crippen LogP contribution in [0.25, 0.3) is 0 Å². The molecule has 3 nitrogen and oxygen atoms in total. The van der Waals surface area contributed by atoms with Crippen LogP contribution >= 0.6 is 0 Å². The first-order chi connectivity index (χ1) is 6.86. The number of hydrogen-bond donors (Lipinski definition) is 1. The zero-order valence-corrected chi connectivity index (χ0v) is 8.07. The lowest BCUT2D eigenvalue weighted by atomic mass is 10.1. The quantitative estimate of drug-likeness (QED) is 0.776. The fourth-order valence-electron chi connectivity index (χ4n) is 1.87. The summed E-state index contributed by atoms with van der Waals surface area (Å²) in [5, 5.41) is 2.90. The molecule has 1 saturated carbocycles. The summed E-state index contributed by atoms with van der Waals surface area (Å²) in [6.07, 6.45) is 7.82. The Morgan fingerprint density at radius 1 is 1.29 bits per heavy atom. The summed E-state index contributed by atoms with van der Waals surface area (Å²) in [4.78, 5) is 15.6. The van der Waals surface area contributed by atoms with E-state index in [1.165, 1.54) is 12.8 Å². The SMILES string of the molecule is O=C(Nc1ccncc1)C1CCCC1. The monoisotopic (exact) mass is 190 g/mol. The molecule has 14 heavy (non-hydrogen) atoms. The van der Waals surface area contributed by atoms with Gasteiger partial charge in [0, 0.05) is 24.0 Å². The van der Waals surface area contributed by atoms with Crippen molar-refractivity contribution in [2.24, 2.45) is 5.92 Å². The topological polar surface area (TPSA) is 42.0 Å². The number of anilines is 1. The largest absolute Gasteiger partial charge is 0.326 e. The number of hydrogen-bond acceptors (Lipinski definition) is 2. The van der Waals surface area contributed by atoms with Gasteiger partial charge in [0.15, 0.2) is 0 Å². The van der Waals surface area contributed by atoms with Crippen molar-refractivity contribution >= 4 is 11.6 Å². The van der Waals surface area contributed by atoms with Gasteiger partial charge in [0.2, 0.25) is 5.91 Å². The fraction of sp³-hybridized carbons (Fsp3) is 0.455. The van der Waals surface area contributed by atoms with Crippen molar-refractivity contribution in [2.75, 3.05) is 5.32 Å². The third kappa shape index (κ3) is 2.10. The van der Waals surface area contributed by atoms with Gasteiger partial charge >= 0.3 is 0 Å². The minimum absolute atomic E-state index is 0.161. The molecule has 3 heteroatoms. The molecule has 2 rings (SSSR count). The molecule has 1 amide bonds. The van der Waals surface area contributed by atoms with Crippen LogP contribution in [0, 0.1) is 5.92 Å². The minimum atomic E-state index is 0.161. The molecule has 0 atom stereocenters. The molecular weight excluding hydrogens is 176 g/mol. The summed E-state index contributed by atoms with van der Waals surface area (Å²) in [5.41, 5.74) is 0.844. The van der Waals surface area contributed by atoms with E-state index in [2.05, 4.69) is 10.3 Å². The number of nitrogens with zero attached hydrogens (tertiary/aromatic N) is 1. The smallest absolute Gasteiger partial charge is 0.227 e. The van der Waals surface area contributed by atoms with Crippen molar-refractivity contribution in [3.8, 4) is 0 Å². The molecule has 1 aromatic rings. The van der Waals surface area contributed by atoms with Gasteiger partial charge in [0.05, 0.1) is 0 Å². The maximum Gasteiger partial charge on any atom is 0.227 e. The van der Waals surface area contributed by atoms with E-state index >= 15 is 0 Å². The summed E-state index contributed by atoms with van der Waals surface area (Å²) in [5.74, 6) is 0.386. The minimum Gasteiger partial charge on any atom is -0.326 e. The zero-order chi connectivity index (χ0) is 9.80. The molecule has 1 aliphatic rings. The third-order valence-electron chi connectivity index (χ3n) is 2.67. The Hall–Kier alpha value is -1.38. The van der Waals surface area contributed by atoms with Gasteiger partial charge in [-0.15, -0.1) is 0 Å². The van der Waals surface area contributed by atoms with Crippen molar-refractivity contribution in [3.05, 3.63) is 24.5 Å². The maximum absolute atomic E-state index is 11.7. The molecule has 0 saturated heterocycles. The molecule has 0 bridgehead atoms. The molecule has 1 aliphatic carbocycles. The van der Waals surface area contributed by atoms with Crippen LogP contribution in [0.5, 0.6) is 0 Å². The second kappa shape index (κ2) is 4.22. The van der Waals surface area contributed by atoms with Gasteiger partial charge in [0.25, 0.3) is 0 Å². The first kappa shape index (κ1) is 9.19. The Balaban J connectivity index is 1.94. The van der Waals surface area contributed by atoms with Crippen molar-refractivity contribution in [2.45, 2.75) is 25.7 Å². The van der Waals surface area contributed by atoms with Gasteiger partial charge in [-0.2, -0.15) is 0 Å². The highest BCUT2D eigenvalue weighted by molar-refractivity contribution is 5.92. The number of carbonyl (C=O) groups is 1. The van der Waals surface area contributed by atoms with E-state index in [1.807, 2.05) is 12.1 Å². The summed E-state index contributed by atoms with van der Waals surface area (Å²) >= 11 is 0. The van der Waals surface area contributed by atoms with Gasteiger partial charge < -0.3 is 5.32 Å². The molecule has 0 aliphatic heterocycles. The number of pyridine rings is 1. The Kier molecular flexibility index (Phi) is 2.77. The van der Waals surface area contributed by atoms with Gasteiger partial charge in [-0.25, -0.2) is 0 Å². The van der Waals surface area contributed by atoms with Gasteiger partial charge in [0.1, 0.15) is 0 Å². The van der Waals surface area contributed by atoms with E-state index in [-0.39, 0.29) is 11.8 Å². The first-order valence-corrected chi connectivity index (χ1v) is 5.07. The van der Waals surface area contributed by atoms with E-state index in [4.69, 9.17) is 0 Å². The first-order valence-electron chi connectivity index (χ1n) is 5.07. The van der Waals surface area contributed by atoms with Gasteiger partial charge in [-0.3, -0.25) is 9.78 Å². The molecular formula is C11H14N2O. The average molecular weight is 190 g/mol. The van der Waals surface area contributed by atoms with E-state index in [9.17, 15) is 4.79 Å². The number of rotatable bonds is 2. The van der Waals surface area contributed by atoms with E-state index in [1.54, 1.807) is 12.4 Å². The molecule has 0 unspecified atom stereocenters. The molecule has 0 aromatic carbocycles. The number of amides is 1. The Labute approximate surface area is 83.5 Å². The van der Waals surface area contributed by atoms with Crippen LogP contribution in [-0.2, 0) is 4.79 Å². The lowest BCUT2D eigenvalue weighted by Gasteiger charge is -2.09. The second-order valence-corrected chi connectivity index (χ2v) is 3.71. The Bertz CT molecular complexity index is 304. The van der Waals surface area contributed by atoms with Crippen molar-refractivity contribution in [1.82, 2.24) is 4.98 Å². The van der Waals surface area contributed by atoms with Crippen LogP contribution in [0.15, 0.2) is 24.5 Å². The molecule has 1 fully saturated rings. The van der Waals surface area contributed by atoms with Crippen LogP contribution in [0.2, 0.25) is 0 Å². The Morgan fingerprint density at radius 2 is 1.93 bits per heavy atom. The molecule has 0 radical (unpaired) electrons. The molecule has 0 spiro atoms. The van der Waals surface area contributed by atoms with Crippen LogP contribution in [0.1, 0.15) is 25.7 Å². The van der Waals surface area contributed by atoms with Crippen molar-refractivity contribution in [3.63, 3.8) is 0 Å². The normalized spacial score (nSPS) is 16.9. The highest BCUT2D eigenvalue weighted by atomic mass is 16.1. The van der Waals surface area contributed by atoms with Crippen LogP contribution in [0.3, 0.4) is 0 Å². The van der Waals surface area contributed by atoms with Crippen molar-refractivity contribution < 1.29 is 4.79 Å². The molecule has 74 valence electrons. The second-order valence-electron chi connectivity index (χ2n) is 3.71. The molecule has 1 N–H and O–H groups in total. The number of carbonyl (C=O) groups excluding carboxylic acids is 1. The molecule has 1 aromatic heterocycles. The highest BCUT2D eigenvalue weighted by Crippen LogP contribution is 2.25. The van der Waals surface area contributed by atoms with Crippen LogP contribution in [0.4, 0.5) is 5.69 Å². The van der Waals surface area contributed by atoms with Gasteiger partial charge in [-0.05, 0) is 25.0 Å². The lowest BCUT2D eigenvalue weighted by Crippen LogP contribution is -2.20. The summed E-state index contributed by atoms with van der Waals surface area (Å²) in [6, 6.07) is 3.62. The summed E-state index contributed by atoms with van der Waals surface area (Å²) < 4.78 is 0. The fourth-order valence-corrected chi connectivity index (χ4v) is 1.87. The Morgan fingerprint density at radius 3 is 2.57 bits per heavy atom. The lowest BCUT2D eigenvalue weighted by molar-refractivity contribution is -0.119. The highest BCUT2D eigenvalue weighted by Gasteiger charge is 2.22. The summed E-state index contributed by atoms with van der Waals surface area (Å²) in [7, 11) is 0. The van der Waals surface area contributed by atoms with Crippen LogP contribution in [-0.4, -0.2) is 10.9 Å². The van der Waals surface area contributed by atoms with E-state index in [0.717, 1.165) is 18.5 Å².